The first kappa shape index (κ1) is 15.3. The molecule has 1 aromatic heterocycles. The van der Waals surface area contributed by atoms with E-state index >= 15 is 0 Å². The molecule has 23 heavy (non-hydrogen) atoms. The predicted molar refractivity (Wildman–Crippen MR) is 89.0 cm³/mol. The SMILES string of the molecule is CCOc1ccc(C(=O)Nc2cnc(N3CCCC3)nc2)cc1. The number of nitrogens with zero attached hydrogens (tertiary/aromatic N) is 3. The van der Waals surface area contributed by atoms with Crippen LogP contribution < -0.4 is 15.0 Å². The summed E-state index contributed by atoms with van der Waals surface area (Å²) in [4.78, 5) is 23.0. The monoisotopic (exact) mass is 312 g/mol. The summed E-state index contributed by atoms with van der Waals surface area (Å²) in [6.45, 7) is 4.52. The highest BCUT2D eigenvalue weighted by molar-refractivity contribution is 6.04. The number of benzene rings is 1. The molecule has 6 heteroatoms. The van der Waals surface area contributed by atoms with Crippen LogP contribution in [0.3, 0.4) is 0 Å². The fourth-order valence-corrected chi connectivity index (χ4v) is 2.54. The molecular weight excluding hydrogens is 292 g/mol. The summed E-state index contributed by atoms with van der Waals surface area (Å²) in [6.07, 6.45) is 5.65. The molecule has 0 radical (unpaired) electrons. The van der Waals surface area contributed by atoms with Gasteiger partial charge in [-0.05, 0) is 44.0 Å². The Bertz CT molecular complexity index is 649. The Labute approximate surface area is 135 Å². The van der Waals surface area contributed by atoms with Gasteiger partial charge in [-0.3, -0.25) is 4.79 Å². The second-order valence-electron chi connectivity index (χ2n) is 5.38. The minimum atomic E-state index is -0.189. The van der Waals surface area contributed by atoms with Crippen LogP contribution in [0.2, 0.25) is 0 Å². The molecule has 1 aliphatic heterocycles. The standard InChI is InChI=1S/C17H20N4O2/c1-2-23-15-7-5-13(6-8-15)16(22)20-14-11-18-17(19-12-14)21-9-3-4-10-21/h5-8,11-12H,2-4,9-10H2,1H3,(H,20,22). The van der Waals surface area contributed by atoms with Crippen LogP contribution in [0.15, 0.2) is 36.7 Å². The van der Waals surface area contributed by atoms with Gasteiger partial charge in [-0.1, -0.05) is 0 Å². The zero-order valence-corrected chi connectivity index (χ0v) is 13.2. The fourth-order valence-electron chi connectivity index (χ4n) is 2.54. The van der Waals surface area contributed by atoms with Crippen LogP contribution in [0.5, 0.6) is 5.75 Å². The van der Waals surface area contributed by atoms with Crippen molar-refractivity contribution < 1.29 is 9.53 Å². The van der Waals surface area contributed by atoms with Crippen molar-refractivity contribution in [3.05, 3.63) is 42.2 Å². The van der Waals surface area contributed by atoms with Crippen LogP contribution in [-0.4, -0.2) is 35.6 Å². The molecule has 1 N–H and O–H groups in total. The maximum atomic E-state index is 12.2. The van der Waals surface area contributed by atoms with Crippen molar-refractivity contribution in [2.75, 3.05) is 29.9 Å². The largest absolute Gasteiger partial charge is 0.494 e. The highest BCUT2D eigenvalue weighted by atomic mass is 16.5. The number of carbonyl (C=O) groups is 1. The lowest BCUT2D eigenvalue weighted by Gasteiger charge is -2.14. The molecule has 0 atom stereocenters. The topological polar surface area (TPSA) is 67.3 Å². The third kappa shape index (κ3) is 3.77. The van der Waals surface area contributed by atoms with Crippen molar-refractivity contribution in [2.24, 2.45) is 0 Å². The van der Waals surface area contributed by atoms with E-state index in [1.165, 1.54) is 12.8 Å². The number of hydrogen-bond donors (Lipinski definition) is 1. The van der Waals surface area contributed by atoms with E-state index in [9.17, 15) is 4.79 Å². The summed E-state index contributed by atoms with van der Waals surface area (Å²) in [7, 11) is 0. The first-order chi connectivity index (χ1) is 11.3. The van der Waals surface area contributed by atoms with Gasteiger partial charge in [-0.25, -0.2) is 9.97 Å². The summed E-state index contributed by atoms with van der Waals surface area (Å²) in [5, 5.41) is 2.80. The molecular formula is C17H20N4O2. The normalized spacial score (nSPS) is 13.9. The van der Waals surface area contributed by atoms with Gasteiger partial charge in [0.15, 0.2) is 0 Å². The Balaban J connectivity index is 1.62. The lowest BCUT2D eigenvalue weighted by molar-refractivity contribution is 0.102. The van der Waals surface area contributed by atoms with Gasteiger partial charge >= 0.3 is 0 Å². The lowest BCUT2D eigenvalue weighted by Crippen LogP contribution is -2.20. The number of aromatic nitrogens is 2. The van der Waals surface area contributed by atoms with Gasteiger partial charge < -0.3 is 15.0 Å². The first-order valence-electron chi connectivity index (χ1n) is 7.87. The van der Waals surface area contributed by atoms with Crippen LogP contribution in [-0.2, 0) is 0 Å². The first-order valence-corrected chi connectivity index (χ1v) is 7.87. The van der Waals surface area contributed by atoms with Crippen molar-refractivity contribution in [2.45, 2.75) is 19.8 Å². The van der Waals surface area contributed by atoms with Gasteiger partial charge in [0, 0.05) is 18.7 Å². The zero-order valence-electron chi connectivity index (χ0n) is 13.2. The van der Waals surface area contributed by atoms with Gasteiger partial charge in [-0.2, -0.15) is 0 Å². The summed E-state index contributed by atoms with van der Waals surface area (Å²) < 4.78 is 5.36. The molecule has 0 spiro atoms. The molecule has 2 heterocycles. The average Bonchev–Trinajstić information content (AvgIpc) is 3.11. The number of ether oxygens (including phenoxy) is 1. The van der Waals surface area contributed by atoms with Crippen molar-refractivity contribution in [3.63, 3.8) is 0 Å². The lowest BCUT2D eigenvalue weighted by atomic mass is 10.2. The molecule has 1 saturated heterocycles. The fraction of sp³-hybridized carbons (Fsp3) is 0.353. The summed E-state index contributed by atoms with van der Waals surface area (Å²) in [6, 6.07) is 7.04. The Morgan fingerprint density at radius 1 is 1.17 bits per heavy atom. The van der Waals surface area contributed by atoms with Crippen molar-refractivity contribution in [1.82, 2.24) is 9.97 Å². The quantitative estimate of drug-likeness (QED) is 0.919. The average molecular weight is 312 g/mol. The van der Waals surface area contributed by atoms with Gasteiger partial charge in [-0.15, -0.1) is 0 Å². The smallest absolute Gasteiger partial charge is 0.255 e. The van der Waals surface area contributed by atoms with E-state index in [0.717, 1.165) is 24.8 Å². The van der Waals surface area contributed by atoms with E-state index in [2.05, 4.69) is 20.2 Å². The molecule has 1 amide bonds. The Morgan fingerprint density at radius 3 is 2.43 bits per heavy atom. The molecule has 0 aliphatic carbocycles. The number of carbonyl (C=O) groups excluding carboxylic acids is 1. The molecule has 1 fully saturated rings. The van der Waals surface area contributed by atoms with E-state index in [0.29, 0.717) is 17.9 Å². The number of rotatable bonds is 5. The summed E-state index contributed by atoms with van der Waals surface area (Å²) >= 11 is 0. The minimum absolute atomic E-state index is 0.189. The number of anilines is 2. The third-order valence-corrected chi connectivity index (χ3v) is 3.71. The van der Waals surface area contributed by atoms with Gasteiger partial charge in [0.2, 0.25) is 5.95 Å². The van der Waals surface area contributed by atoms with Crippen LogP contribution >= 0.6 is 0 Å². The van der Waals surface area contributed by atoms with Crippen molar-refractivity contribution >= 4 is 17.5 Å². The van der Waals surface area contributed by atoms with Crippen molar-refractivity contribution in [3.8, 4) is 5.75 Å². The van der Waals surface area contributed by atoms with E-state index < -0.39 is 0 Å². The Kier molecular flexibility index (Phi) is 4.71. The van der Waals surface area contributed by atoms with Crippen molar-refractivity contribution in [1.29, 1.82) is 0 Å². The maximum absolute atomic E-state index is 12.2. The molecule has 120 valence electrons. The molecule has 6 nitrogen and oxygen atoms in total. The van der Waals surface area contributed by atoms with Gasteiger partial charge in [0.05, 0.1) is 24.7 Å². The molecule has 0 unspecified atom stereocenters. The summed E-state index contributed by atoms with van der Waals surface area (Å²) in [5.74, 6) is 1.29. The Hall–Kier alpha value is -2.63. The van der Waals surface area contributed by atoms with Crippen LogP contribution in [0.25, 0.3) is 0 Å². The maximum Gasteiger partial charge on any atom is 0.255 e. The highest BCUT2D eigenvalue weighted by Crippen LogP contribution is 2.17. The van der Waals surface area contributed by atoms with E-state index in [4.69, 9.17) is 4.74 Å². The molecule has 0 bridgehead atoms. The van der Waals surface area contributed by atoms with E-state index in [1.54, 1.807) is 36.7 Å². The zero-order chi connectivity index (χ0) is 16.1. The molecule has 0 saturated carbocycles. The second-order valence-corrected chi connectivity index (χ2v) is 5.38. The molecule has 3 rings (SSSR count). The van der Waals surface area contributed by atoms with E-state index in [1.807, 2.05) is 6.92 Å². The number of amides is 1. The molecule has 1 aromatic carbocycles. The van der Waals surface area contributed by atoms with Gasteiger partial charge in [0.1, 0.15) is 5.75 Å². The summed E-state index contributed by atoms with van der Waals surface area (Å²) in [5.41, 5.74) is 1.16. The van der Waals surface area contributed by atoms with Crippen LogP contribution in [0.1, 0.15) is 30.1 Å². The number of nitrogens with one attached hydrogen (secondary N) is 1. The second kappa shape index (κ2) is 7.09. The highest BCUT2D eigenvalue weighted by Gasteiger charge is 2.14. The Morgan fingerprint density at radius 2 is 1.83 bits per heavy atom. The number of hydrogen-bond acceptors (Lipinski definition) is 5. The van der Waals surface area contributed by atoms with E-state index in [-0.39, 0.29) is 5.91 Å². The molecule has 1 aliphatic rings. The van der Waals surface area contributed by atoms with Crippen LogP contribution in [0, 0.1) is 0 Å². The predicted octanol–water partition coefficient (Wildman–Crippen LogP) is 2.73. The van der Waals surface area contributed by atoms with Gasteiger partial charge in [0.25, 0.3) is 5.91 Å². The minimum Gasteiger partial charge on any atom is -0.494 e. The third-order valence-electron chi connectivity index (χ3n) is 3.71. The molecule has 2 aromatic rings. The van der Waals surface area contributed by atoms with Crippen LogP contribution in [0.4, 0.5) is 11.6 Å².